The van der Waals surface area contributed by atoms with Crippen molar-refractivity contribution in [2.75, 3.05) is 0 Å². The number of hydrogen-bond donors (Lipinski definition) is 0. The Kier molecular flexibility index (Phi) is 9.20. The molecule has 8 aromatic carbocycles. The molecular formula is C36H2BF21O3. The Morgan fingerprint density at radius 3 is 0.967 bits per heavy atom. The smallest absolute Gasteiger partial charge is 0.487 e. The van der Waals surface area contributed by atoms with Crippen molar-refractivity contribution in [3.05, 3.63) is 134 Å². The lowest BCUT2D eigenvalue weighted by atomic mass is 9.90. The van der Waals surface area contributed by atoms with Crippen molar-refractivity contribution in [3.63, 3.8) is 0 Å². The number of halogens is 21. The second-order valence-corrected chi connectivity index (χ2v) is 12.4. The maximum absolute atomic E-state index is 16.0. The largest absolute Gasteiger partial charge is 0.864 e. The van der Waals surface area contributed by atoms with Crippen molar-refractivity contribution in [2.24, 2.45) is 0 Å². The van der Waals surface area contributed by atoms with Gasteiger partial charge in [-0.15, -0.1) is 0 Å². The van der Waals surface area contributed by atoms with Gasteiger partial charge in [0.05, 0.1) is 43.1 Å². The van der Waals surface area contributed by atoms with Gasteiger partial charge >= 0.3 is 7.32 Å². The van der Waals surface area contributed by atoms with Crippen molar-refractivity contribution >= 4 is 61.2 Å². The summed E-state index contributed by atoms with van der Waals surface area (Å²) in [5, 5.41) is -21.4. The average Bonchev–Trinajstić information content (AvgIpc) is 3.22. The quantitative estimate of drug-likeness (QED) is 0.0416. The van der Waals surface area contributed by atoms with E-state index >= 15 is 48.3 Å². The van der Waals surface area contributed by atoms with E-state index in [9.17, 15) is 43.9 Å². The Labute approximate surface area is 319 Å². The maximum Gasteiger partial charge on any atom is 0.864 e. The molecule has 0 aliphatic heterocycles. The predicted molar refractivity (Wildman–Crippen MR) is 165 cm³/mol. The van der Waals surface area contributed by atoms with Crippen molar-refractivity contribution in [2.45, 2.75) is 0 Å². The van der Waals surface area contributed by atoms with Crippen LogP contribution in [0.15, 0.2) is 12.1 Å². The molecule has 0 atom stereocenters. The highest BCUT2D eigenvalue weighted by Gasteiger charge is 2.42. The van der Waals surface area contributed by atoms with E-state index in [-0.39, 0.29) is 12.1 Å². The fourth-order valence-corrected chi connectivity index (χ4v) is 6.63. The molecule has 61 heavy (non-hydrogen) atoms. The Bertz CT molecular complexity index is 3300. The highest BCUT2D eigenvalue weighted by Crippen LogP contribution is 2.49. The Balaban J connectivity index is 1.47. The van der Waals surface area contributed by atoms with E-state index in [4.69, 9.17) is 4.65 Å². The van der Waals surface area contributed by atoms with Gasteiger partial charge in [-0.1, -0.05) is 0 Å². The number of hydrogen-bond acceptors (Lipinski definition) is 3. The molecule has 0 spiro atoms. The summed E-state index contributed by atoms with van der Waals surface area (Å²) in [4.78, 5) is 0. The summed E-state index contributed by atoms with van der Waals surface area (Å²) in [6, 6.07) is 0.0333. The molecule has 0 unspecified atom stereocenters. The molecule has 0 amide bonds. The zero-order chi connectivity index (χ0) is 44.7. The van der Waals surface area contributed by atoms with Crippen LogP contribution in [0.2, 0.25) is 0 Å². The van der Waals surface area contributed by atoms with E-state index in [2.05, 4.69) is 9.31 Å². The normalized spacial score (nSPS) is 12.0. The summed E-state index contributed by atoms with van der Waals surface area (Å²) in [5.74, 6) is -64.3. The number of benzene rings is 8. The molecule has 314 valence electrons. The number of fused-ring (bicyclic) bond motifs is 2. The zero-order valence-corrected chi connectivity index (χ0v) is 27.9. The highest BCUT2D eigenvalue weighted by atomic mass is 19.2. The fraction of sp³-hybridized carbons (Fsp3) is 0. The van der Waals surface area contributed by atoms with Crippen molar-refractivity contribution in [1.82, 2.24) is 0 Å². The zero-order valence-electron chi connectivity index (χ0n) is 27.9. The highest BCUT2D eigenvalue weighted by molar-refractivity contribution is 6.40. The minimum Gasteiger partial charge on any atom is -0.487 e. The topological polar surface area (TPSA) is 27.7 Å². The van der Waals surface area contributed by atoms with E-state index in [1.165, 1.54) is 0 Å². The van der Waals surface area contributed by atoms with Crippen LogP contribution >= 0.6 is 0 Å². The van der Waals surface area contributed by atoms with E-state index in [0.29, 0.717) is 0 Å². The second-order valence-electron chi connectivity index (χ2n) is 12.4. The molecule has 0 saturated heterocycles. The molecule has 8 aromatic rings. The second kappa shape index (κ2) is 13.7. The first-order chi connectivity index (χ1) is 28.6. The summed E-state index contributed by atoms with van der Waals surface area (Å²) >= 11 is 0. The van der Waals surface area contributed by atoms with Crippen LogP contribution in [-0.2, 0) is 0 Å². The van der Waals surface area contributed by atoms with Crippen molar-refractivity contribution in [3.8, 4) is 17.2 Å². The molecule has 25 heteroatoms. The van der Waals surface area contributed by atoms with Crippen LogP contribution < -0.4 is 14.0 Å². The summed E-state index contributed by atoms with van der Waals surface area (Å²) in [6.07, 6.45) is 0. The van der Waals surface area contributed by atoms with Gasteiger partial charge in [-0.05, 0) is 12.1 Å². The van der Waals surface area contributed by atoms with Gasteiger partial charge in [0.15, 0.2) is 105 Å². The first-order valence-electron chi connectivity index (χ1n) is 15.7. The molecule has 0 fully saturated rings. The fourth-order valence-electron chi connectivity index (χ4n) is 6.63. The van der Waals surface area contributed by atoms with Crippen molar-refractivity contribution in [1.29, 1.82) is 0 Å². The monoisotopic (exact) mass is 892 g/mol. The van der Waals surface area contributed by atoms with Gasteiger partial charge < -0.3 is 14.0 Å². The summed E-state index contributed by atoms with van der Waals surface area (Å²) in [7, 11) is -3.83. The van der Waals surface area contributed by atoms with Crippen molar-refractivity contribution < 1.29 is 106 Å². The molecule has 0 aromatic heterocycles. The minimum absolute atomic E-state index is 0.00440. The lowest BCUT2D eigenvalue weighted by molar-refractivity contribution is 0.282. The molecule has 0 radical (unpaired) electrons. The lowest BCUT2D eigenvalue weighted by Gasteiger charge is -2.22. The van der Waals surface area contributed by atoms with E-state index in [1.54, 1.807) is 0 Å². The van der Waals surface area contributed by atoms with Gasteiger partial charge in [-0.25, -0.2) is 79.0 Å². The van der Waals surface area contributed by atoms with Crippen LogP contribution in [0.1, 0.15) is 0 Å². The van der Waals surface area contributed by atoms with Gasteiger partial charge in [0.1, 0.15) is 17.4 Å². The molecule has 8 rings (SSSR count). The van der Waals surface area contributed by atoms with Crippen LogP contribution in [0.4, 0.5) is 92.2 Å². The van der Waals surface area contributed by atoms with Gasteiger partial charge in [0.25, 0.3) is 0 Å². The number of rotatable bonds is 6. The lowest BCUT2D eigenvalue weighted by Crippen LogP contribution is -2.38. The van der Waals surface area contributed by atoms with E-state index in [1.807, 2.05) is 0 Å². The molecule has 0 N–H and O–H groups in total. The van der Waals surface area contributed by atoms with Crippen LogP contribution in [0, 0.1) is 122 Å². The Morgan fingerprint density at radius 2 is 0.508 bits per heavy atom. The molecule has 3 nitrogen and oxygen atoms in total. The average molecular weight is 892 g/mol. The minimum atomic E-state index is -3.83. The third-order valence-electron chi connectivity index (χ3n) is 9.25. The summed E-state index contributed by atoms with van der Waals surface area (Å²) < 4.78 is 330. The van der Waals surface area contributed by atoms with Gasteiger partial charge in [0.2, 0.25) is 17.5 Å². The molecule has 0 aliphatic rings. The summed E-state index contributed by atoms with van der Waals surface area (Å²) in [5.41, 5.74) is 0. The Hall–Kier alpha value is -6.69. The first-order valence-corrected chi connectivity index (χ1v) is 15.7. The third kappa shape index (κ3) is 5.33. The van der Waals surface area contributed by atoms with Crippen LogP contribution in [0.3, 0.4) is 0 Å². The maximum atomic E-state index is 16.0. The van der Waals surface area contributed by atoms with Crippen LogP contribution in [-0.4, -0.2) is 7.32 Å². The SMILES string of the molecule is Fc1ccc(OB(Oc2c(F)c(F)c(F)c3c(F)c4c(F)c(F)c(F)c(F)c4c(F)c23)Oc2c(F)c(F)c3c(F)c(F)c4c(F)c(F)c(F)c5c(F)c(F)c2c3c45)c(F)c1F. The first kappa shape index (κ1) is 41.1. The van der Waals surface area contributed by atoms with E-state index < -0.39 is 201 Å². The summed E-state index contributed by atoms with van der Waals surface area (Å²) in [6.45, 7) is 0. The third-order valence-corrected chi connectivity index (χ3v) is 9.25. The molecule has 0 bridgehead atoms. The molecule has 0 saturated carbocycles. The molecule has 0 heterocycles. The molecule has 0 aliphatic carbocycles. The Morgan fingerprint density at radius 1 is 0.230 bits per heavy atom. The molecular weight excluding hydrogens is 890 g/mol. The van der Waals surface area contributed by atoms with Crippen LogP contribution in [0.25, 0.3) is 53.9 Å². The van der Waals surface area contributed by atoms with Gasteiger partial charge in [0, 0.05) is 10.8 Å². The van der Waals surface area contributed by atoms with Gasteiger partial charge in [-0.2, -0.15) is 13.2 Å². The van der Waals surface area contributed by atoms with Crippen LogP contribution in [0.5, 0.6) is 17.2 Å². The predicted octanol–water partition coefficient (Wildman–Crippen LogP) is 12.3. The standard InChI is InChI=1S/C36H2BF21O3/c38-3-1-2-4(16(40)15(3)39)59-37(61-36-14-12(26(50)32(56)34(36)58)17(41)10-11(18(14)42)25(49)31(55)30(54)24(10)48)60-35-13-6-5-7(19(43)20(44)9(6)27(51)33(35)57)22(46)29(53)23(47)8(5)21(45)28(13)52/h1-2H. The van der Waals surface area contributed by atoms with E-state index in [0.717, 1.165) is 0 Å². The van der Waals surface area contributed by atoms with Gasteiger partial charge in [-0.3, -0.25) is 0 Å².